The van der Waals surface area contributed by atoms with Crippen molar-refractivity contribution in [2.24, 2.45) is 0 Å². The number of carbonyl (C=O) groups excluding carboxylic acids is 1. The smallest absolute Gasteiger partial charge is 0.266 e. The number of furan rings is 1. The molecule has 0 bridgehead atoms. The molecule has 8 heteroatoms. The quantitative estimate of drug-likeness (QED) is 0.591. The number of aromatic nitrogens is 1. The highest BCUT2D eigenvalue weighted by atomic mass is 32.1. The van der Waals surface area contributed by atoms with E-state index in [9.17, 15) is 10.1 Å². The zero-order valence-corrected chi connectivity index (χ0v) is 17.4. The molecule has 0 spiro atoms. The van der Waals surface area contributed by atoms with Gasteiger partial charge in [0, 0.05) is 31.1 Å². The molecule has 7 nitrogen and oxygen atoms in total. The molecule has 1 saturated heterocycles. The Balaban J connectivity index is 1.28. The number of nitrogens with zero attached hydrogens (tertiary/aromatic N) is 4. The predicted octanol–water partition coefficient (Wildman–Crippen LogP) is 4.10. The van der Waals surface area contributed by atoms with Gasteiger partial charge in [-0.25, -0.2) is 0 Å². The Labute approximate surface area is 178 Å². The van der Waals surface area contributed by atoms with Gasteiger partial charge in [-0.2, -0.15) is 10.2 Å². The molecular weight excluding hydrogens is 400 g/mol. The normalized spacial score (nSPS) is 16.8. The molecule has 5 rings (SSSR count). The first kappa shape index (κ1) is 18.9. The SMILES string of the molecule is N#Cc1nc(-c2ccco2)oc1N1CCN(C(=O)c2cc3c(s2)CCCCC3)CC1. The fourth-order valence-corrected chi connectivity index (χ4v) is 5.37. The van der Waals surface area contributed by atoms with E-state index in [1.165, 1.54) is 29.7 Å². The van der Waals surface area contributed by atoms with Crippen molar-refractivity contribution in [1.82, 2.24) is 9.88 Å². The highest BCUT2D eigenvalue weighted by Crippen LogP contribution is 2.31. The summed E-state index contributed by atoms with van der Waals surface area (Å²) in [5, 5.41) is 9.46. The largest absolute Gasteiger partial charge is 0.459 e. The lowest BCUT2D eigenvalue weighted by Crippen LogP contribution is -2.48. The molecule has 1 amide bonds. The lowest BCUT2D eigenvalue weighted by Gasteiger charge is -2.34. The van der Waals surface area contributed by atoms with Crippen LogP contribution in [0.2, 0.25) is 0 Å². The zero-order chi connectivity index (χ0) is 20.5. The Morgan fingerprint density at radius 1 is 1.17 bits per heavy atom. The van der Waals surface area contributed by atoms with Crippen molar-refractivity contribution in [3.05, 3.63) is 45.5 Å². The average molecular weight is 423 g/mol. The van der Waals surface area contributed by atoms with Crippen molar-refractivity contribution in [2.75, 3.05) is 31.1 Å². The third-order valence-corrected chi connectivity index (χ3v) is 6.98. The molecular formula is C22H22N4O3S. The molecule has 0 radical (unpaired) electrons. The Hall–Kier alpha value is -3.05. The summed E-state index contributed by atoms with van der Waals surface area (Å²) >= 11 is 1.67. The number of hydrogen-bond acceptors (Lipinski definition) is 7. The molecule has 3 aromatic heterocycles. The number of fused-ring (bicyclic) bond motifs is 1. The highest BCUT2D eigenvalue weighted by Gasteiger charge is 2.28. The molecule has 0 N–H and O–H groups in total. The van der Waals surface area contributed by atoms with Crippen molar-refractivity contribution >= 4 is 23.1 Å². The van der Waals surface area contributed by atoms with Gasteiger partial charge in [-0.3, -0.25) is 4.79 Å². The van der Waals surface area contributed by atoms with Crippen LogP contribution in [0.15, 0.2) is 33.3 Å². The number of carbonyl (C=O) groups is 1. The van der Waals surface area contributed by atoms with Crippen molar-refractivity contribution in [3.8, 4) is 17.7 Å². The van der Waals surface area contributed by atoms with Crippen LogP contribution < -0.4 is 4.90 Å². The molecule has 30 heavy (non-hydrogen) atoms. The van der Waals surface area contributed by atoms with Crippen LogP contribution in [0.3, 0.4) is 0 Å². The highest BCUT2D eigenvalue weighted by molar-refractivity contribution is 7.14. The third-order valence-electron chi connectivity index (χ3n) is 5.76. The topological polar surface area (TPSA) is 86.5 Å². The van der Waals surface area contributed by atoms with Gasteiger partial charge >= 0.3 is 0 Å². The number of anilines is 1. The summed E-state index contributed by atoms with van der Waals surface area (Å²) in [6.45, 7) is 2.36. The van der Waals surface area contributed by atoms with Gasteiger partial charge in [0.1, 0.15) is 6.07 Å². The van der Waals surface area contributed by atoms with Gasteiger partial charge in [0.15, 0.2) is 5.76 Å². The molecule has 3 aromatic rings. The van der Waals surface area contributed by atoms with Crippen molar-refractivity contribution in [1.29, 1.82) is 5.26 Å². The number of amides is 1. The van der Waals surface area contributed by atoms with Gasteiger partial charge in [-0.1, -0.05) is 6.42 Å². The second-order valence-corrected chi connectivity index (χ2v) is 8.80. The van der Waals surface area contributed by atoms with Gasteiger partial charge < -0.3 is 18.6 Å². The summed E-state index contributed by atoms with van der Waals surface area (Å²) < 4.78 is 11.2. The fourth-order valence-electron chi connectivity index (χ4n) is 4.15. The lowest BCUT2D eigenvalue weighted by atomic mass is 10.1. The molecule has 154 valence electrons. The van der Waals surface area contributed by atoms with Crippen molar-refractivity contribution < 1.29 is 13.6 Å². The summed E-state index contributed by atoms with van der Waals surface area (Å²) in [4.78, 5) is 23.4. The molecule has 4 heterocycles. The maximum atomic E-state index is 13.0. The van der Waals surface area contributed by atoms with Crippen molar-refractivity contribution in [3.63, 3.8) is 0 Å². The first-order chi connectivity index (χ1) is 14.7. The van der Waals surface area contributed by atoms with E-state index in [1.54, 1.807) is 29.7 Å². The van der Waals surface area contributed by atoms with Crippen LogP contribution >= 0.6 is 11.3 Å². The average Bonchev–Trinajstić information content (AvgIpc) is 3.51. The number of oxazole rings is 1. The number of rotatable bonds is 3. The molecule has 0 unspecified atom stereocenters. The van der Waals surface area contributed by atoms with Gasteiger partial charge in [-0.05, 0) is 49.4 Å². The third kappa shape index (κ3) is 3.50. The number of thiophene rings is 1. The number of nitriles is 1. The van der Waals surface area contributed by atoms with Crippen LogP contribution in [0.1, 0.15) is 45.1 Å². The standard InChI is InChI=1S/C22H22N4O3S/c23-14-16-22(29-20(24-16)17-6-4-12-28-17)26-10-8-25(9-11-26)21(27)19-13-15-5-2-1-3-7-18(15)30-19/h4,6,12-13H,1-3,5,7-11H2. The van der Waals surface area contributed by atoms with Crippen LogP contribution in [0.4, 0.5) is 5.88 Å². The number of hydrogen-bond donors (Lipinski definition) is 0. The van der Waals surface area contributed by atoms with Crippen LogP contribution in [0.5, 0.6) is 0 Å². The van der Waals surface area contributed by atoms with Crippen molar-refractivity contribution in [2.45, 2.75) is 32.1 Å². The minimum absolute atomic E-state index is 0.113. The number of aryl methyl sites for hydroxylation is 2. The van der Waals surface area contributed by atoms with Gasteiger partial charge in [0.05, 0.1) is 11.1 Å². The van der Waals surface area contributed by atoms with E-state index in [-0.39, 0.29) is 11.6 Å². The first-order valence-corrected chi connectivity index (χ1v) is 11.1. The lowest BCUT2D eigenvalue weighted by molar-refractivity contribution is 0.0750. The van der Waals surface area contributed by atoms with Crippen LogP contribution in [-0.2, 0) is 12.8 Å². The Morgan fingerprint density at radius 3 is 2.77 bits per heavy atom. The van der Waals surface area contributed by atoms with E-state index >= 15 is 0 Å². The summed E-state index contributed by atoms with van der Waals surface area (Å²) in [6.07, 6.45) is 7.45. The first-order valence-electron chi connectivity index (χ1n) is 10.3. The molecule has 1 aliphatic carbocycles. The van der Waals surface area contributed by atoms with Gasteiger partial charge in [0.2, 0.25) is 11.6 Å². The zero-order valence-electron chi connectivity index (χ0n) is 16.6. The van der Waals surface area contributed by atoms with Crippen LogP contribution in [0, 0.1) is 11.3 Å². The molecule has 0 aromatic carbocycles. The second-order valence-electron chi connectivity index (χ2n) is 7.66. The monoisotopic (exact) mass is 422 g/mol. The second kappa shape index (κ2) is 8.00. The van der Waals surface area contributed by atoms with Gasteiger partial charge in [0.25, 0.3) is 11.8 Å². The van der Waals surface area contributed by atoms with Gasteiger partial charge in [-0.15, -0.1) is 11.3 Å². The maximum Gasteiger partial charge on any atom is 0.266 e. The summed E-state index contributed by atoms with van der Waals surface area (Å²) in [5.41, 5.74) is 1.61. The summed E-state index contributed by atoms with van der Waals surface area (Å²) in [7, 11) is 0. The summed E-state index contributed by atoms with van der Waals surface area (Å²) in [5.74, 6) is 1.34. The minimum Gasteiger partial charge on any atom is -0.459 e. The molecule has 1 fully saturated rings. The Kier molecular flexibility index (Phi) is 5.05. The number of piperazine rings is 1. The molecule has 0 saturated carbocycles. The predicted molar refractivity (Wildman–Crippen MR) is 113 cm³/mol. The minimum atomic E-state index is 0.113. The van der Waals surface area contributed by atoms with E-state index in [0.717, 1.165) is 17.7 Å². The Morgan fingerprint density at radius 2 is 2.00 bits per heavy atom. The van der Waals surface area contributed by atoms with Crippen LogP contribution in [0.25, 0.3) is 11.7 Å². The Bertz CT molecular complexity index is 1060. The molecule has 2 aliphatic rings. The van der Waals surface area contributed by atoms with E-state index in [1.807, 2.05) is 9.80 Å². The van der Waals surface area contributed by atoms with E-state index in [2.05, 4.69) is 17.1 Å². The maximum absolute atomic E-state index is 13.0. The van der Waals surface area contributed by atoms with E-state index in [0.29, 0.717) is 43.7 Å². The summed E-state index contributed by atoms with van der Waals surface area (Å²) in [6, 6.07) is 7.71. The fraction of sp³-hybridized carbons (Fsp3) is 0.409. The van der Waals surface area contributed by atoms with Crippen LogP contribution in [-0.4, -0.2) is 42.0 Å². The van der Waals surface area contributed by atoms with E-state index < -0.39 is 0 Å². The molecule has 1 aliphatic heterocycles. The van der Waals surface area contributed by atoms with E-state index in [4.69, 9.17) is 8.83 Å². The molecule has 0 atom stereocenters.